The average molecular weight is 427 g/mol. The van der Waals surface area contributed by atoms with E-state index in [9.17, 15) is 13.2 Å². The van der Waals surface area contributed by atoms with Gasteiger partial charge in [0.1, 0.15) is 5.82 Å². The third-order valence-electron chi connectivity index (χ3n) is 5.38. The van der Waals surface area contributed by atoms with Crippen molar-refractivity contribution in [3.8, 4) is 0 Å². The van der Waals surface area contributed by atoms with Crippen molar-refractivity contribution in [1.82, 2.24) is 25.1 Å². The number of halogens is 3. The molecule has 0 aliphatic carbocycles. The van der Waals surface area contributed by atoms with Crippen LogP contribution in [0, 0.1) is 0 Å². The second kappa shape index (κ2) is 8.72. The zero-order chi connectivity index (χ0) is 21.1. The van der Waals surface area contributed by atoms with E-state index in [1.165, 1.54) is 0 Å². The summed E-state index contributed by atoms with van der Waals surface area (Å²) in [5, 5.41) is 6.63. The Hall–Kier alpha value is -2.47. The molecule has 30 heavy (non-hydrogen) atoms. The molecule has 4 heterocycles. The van der Waals surface area contributed by atoms with Crippen molar-refractivity contribution in [3.63, 3.8) is 0 Å². The zero-order valence-corrected chi connectivity index (χ0v) is 16.7. The molecule has 0 spiro atoms. The molecule has 0 bridgehead atoms. The molecule has 1 unspecified atom stereocenters. The predicted molar refractivity (Wildman–Crippen MR) is 101 cm³/mol. The molecule has 0 radical (unpaired) electrons. The van der Waals surface area contributed by atoms with Crippen LogP contribution in [0.1, 0.15) is 24.6 Å². The van der Waals surface area contributed by atoms with E-state index in [0.717, 1.165) is 38.3 Å². The fraction of sp³-hybridized carbons (Fsp3) is 0.667. The first kappa shape index (κ1) is 20.8. The largest absolute Gasteiger partial charge is 0.470 e. The molecule has 0 saturated carbocycles. The predicted octanol–water partition coefficient (Wildman–Crippen LogP) is 1.82. The number of piperidine rings is 1. The SMILES string of the molecule is CN(c1nccc(N2CCOCC2)n1)C1CCCN(Cc2nnc(C(F)(F)F)o2)C1. The maximum Gasteiger partial charge on any atom is 0.470 e. The highest BCUT2D eigenvalue weighted by molar-refractivity contribution is 5.44. The lowest BCUT2D eigenvalue weighted by molar-refractivity contribution is -0.157. The molecule has 2 fully saturated rings. The van der Waals surface area contributed by atoms with Gasteiger partial charge in [-0.1, -0.05) is 0 Å². The lowest BCUT2D eigenvalue weighted by Gasteiger charge is -2.37. The molecular weight excluding hydrogens is 403 g/mol. The molecule has 0 amide bonds. The fourth-order valence-electron chi connectivity index (χ4n) is 3.76. The Morgan fingerprint density at radius 3 is 2.73 bits per heavy atom. The van der Waals surface area contributed by atoms with Gasteiger partial charge in [0.2, 0.25) is 11.8 Å². The van der Waals surface area contributed by atoms with Crippen LogP contribution in [-0.4, -0.2) is 77.5 Å². The molecule has 2 aromatic rings. The van der Waals surface area contributed by atoms with Crippen LogP contribution in [0.3, 0.4) is 0 Å². The van der Waals surface area contributed by atoms with Crippen molar-refractivity contribution >= 4 is 11.8 Å². The zero-order valence-electron chi connectivity index (χ0n) is 16.7. The van der Waals surface area contributed by atoms with E-state index in [1.54, 1.807) is 6.20 Å². The second-order valence-electron chi connectivity index (χ2n) is 7.46. The van der Waals surface area contributed by atoms with Crippen molar-refractivity contribution < 1.29 is 22.3 Å². The Bertz CT molecular complexity index is 841. The molecule has 12 heteroatoms. The molecule has 2 aliphatic rings. The second-order valence-corrected chi connectivity index (χ2v) is 7.46. The lowest BCUT2D eigenvalue weighted by atomic mass is 10.0. The quantitative estimate of drug-likeness (QED) is 0.709. The Balaban J connectivity index is 1.40. The van der Waals surface area contributed by atoms with Crippen LogP contribution in [0.25, 0.3) is 0 Å². The van der Waals surface area contributed by atoms with E-state index >= 15 is 0 Å². The lowest BCUT2D eigenvalue weighted by Crippen LogP contribution is -2.47. The van der Waals surface area contributed by atoms with Crippen LogP contribution in [0.15, 0.2) is 16.7 Å². The number of morpholine rings is 1. The van der Waals surface area contributed by atoms with Crippen molar-refractivity contribution in [3.05, 3.63) is 24.0 Å². The summed E-state index contributed by atoms with van der Waals surface area (Å²) in [6.07, 6.45) is -1.03. The van der Waals surface area contributed by atoms with Gasteiger partial charge in [-0.15, -0.1) is 10.2 Å². The summed E-state index contributed by atoms with van der Waals surface area (Å²) in [5.74, 6) is 0.157. The van der Waals surface area contributed by atoms with Crippen LogP contribution in [-0.2, 0) is 17.5 Å². The molecule has 164 valence electrons. The number of likely N-dealkylation sites (N-methyl/N-ethyl adjacent to an activating group) is 1. The van der Waals surface area contributed by atoms with Crippen molar-refractivity contribution in [1.29, 1.82) is 0 Å². The Morgan fingerprint density at radius 1 is 1.20 bits per heavy atom. The number of hydrogen-bond donors (Lipinski definition) is 0. The van der Waals surface area contributed by atoms with E-state index < -0.39 is 12.1 Å². The number of hydrogen-bond acceptors (Lipinski definition) is 9. The Kier molecular flexibility index (Phi) is 6.04. The third-order valence-corrected chi connectivity index (χ3v) is 5.38. The monoisotopic (exact) mass is 427 g/mol. The topological polar surface area (TPSA) is 83.7 Å². The highest BCUT2D eigenvalue weighted by Gasteiger charge is 2.38. The summed E-state index contributed by atoms with van der Waals surface area (Å²) in [5.41, 5.74) is 0. The summed E-state index contributed by atoms with van der Waals surface area (Å²) < 4.78 is 48.2. The third kappa shape index (κ3) is 4.81. The number of nitrogens with zero attached hydrogens (tertiary/aromatic N) is 7. The van der Waals surface area contributed by atoms with Gasteiger partial charge in [-0.3, -0.25) is 4.90 Å². The molecule has 1 atom stereocenters. The van der Waals surface area contributed by atoms with E-state index in [0.29, 0.717) is 25.7 Å². The van der Waals surface area contributed by atoms with Gasteiger partial charge in [-0.2, -0.15) is 18.2 Å². The minimum Gasteiger partial charge on any atom is -0.416 e. The van der Waals surface area contributed by atoms with Crippen LogP contribution in [0.2, 0.25) is 0 Å². The number of aromatic nitrogens is 4. The molecule has 2 saturated heterocycles. The molecule has 4 rings (SSSR count). The maximum absolute atomic E-state index is 12.7. The van der Waals surface area contributed by atoms with Gasteiger partial charge >= 0.3 is 12.1 Å². The fourth-order valence-corrected chi connectivity index (χ4v) is 3.76. The number of likely N-dealkylation sites (tertiary alicyclic amines) is 1. The first-order valence-corrected chi connectivity index (χ1v) is 9.90. The van der Waals surface area contributed by atoms with Gasteiger partial charge in [0, 0.05) is 38.9 Å². The first-order chi connectivity index (χ1) is 14.4. The van der Waals surface area contributed by atoms with Crippen molar-refractivity contribution in [2.75, 3.05) is 56.2 Å². The molecular formula is C18H24F3N7O2. The molecule has 0 N–H and O–H groups in total. The summed E-state index contributed by atoms with van der Waals surface area (Å²) in [6, 6.07) is 2.02. The normalized spacial score (nSPS) is 21.1. The Morgan fingerprint density at radius 2 is 2.00 bits per heavy atom. The van der Waals surface area contributed by atoms with Gasteiger partial charge in [-0.05, 0) is 25.5 Å². The van der Waals surface area contributed by atoms with Crippen LogP contribution in [0.4, 0.5) is 24.9 Å². The Labute approximate surface area is 171 Å². The molecule has 2 aliphatic heterocycles. The smallest absolute Gasteiger partial charge is 0.416 e. The molecule has 9 nitrogen and oxygen atoms in total. The summed E-state index contributed by atoms with van der Waals surface area (Å²) >= 11 is 0. The number of alkyl halides is 3. The average Bonchev–Trinajstić information content (AvgIpc) is 3.23. The highest BCUT2D eigenvalue weighted by Crippen LogP contribution is 2.28. The van der Waals surface area contributed by atoms with Gasteiger partial charge in [0.05, 0.1) is 19.8 Å². The van der Waals surface area contributed by atoms with Gasteiger partial charge in [0.25, 0.3) is 0 Å². The van der Waals surface area contributed by atoms with Crippen LogP contribution in [0.5, 0.6) is 0 Å². The van der Waals surface area contributed by atoms with Crippen LogP contribution >= 0.6 is 0 Å². The highest BCUT2D eigenvalue weighted by atomic mass is 19.4. The number of ether oxygens (including phenoxy) is 1. The van der Waals surface area contributed by atoms with E-state index in [4.69, 9.17) is 14.1 Å². The van der Waals surface area contributed by atoms with Gasteiger partial charge < -0.3 is 19.0 Å². The van der Waals surface area contributed by atoms with E-state index in [-0.39, 0.29) is 18.5 Å². The summed E-state index contributed by atoms with van der Waals surface area (Å²) in [4.78, 5) is 15.4. The number of anilines is 2. The number of rotatable bonds is 5. The minimum atomic E-state index is -4.63. The van der Waals surface area contributed by atoms with Gasteiger partial charge in [-0.25, -0.2) is 4.98 Å². The summed E-state index contributed by atoms with van der Waals surface area (Å²) in [7, 11) is 1.95. The molecule has 0 aromatic carbocycles. The van der Waals surface area contributed by atoms with E-state index in [1.807, 2.05) is 22.9 Å². The minimum absolute atomic E-state index is 0.0313. The molecule has 2 aromatic heterocycles. The maximum atomic E-state index is 12.7. The first-order valence-electron chi connectivity index (χ1n) is 9.90. The van der Waals surface area contributed by atoms with Crippen LogP contribution < -0.4 is 9.80 Å². The van der Waals surface area contributed by atoms with E-state index in [2.05, 4.69) is 20.1 Å². The van der Waals surface area contributed by atoms with Crippen molar-refractivity contribution in [2.24, 2.45) is 0 Å². The van der Waals surface area contributed by atoms with Crippen molar-refractivity contribution in [2.45, 2.75) is 31.6 Å². The standard InChI is InChI=1S/C18H24F3N7O2/c1-26(17-22-5-4-14(23-17)28-7-9-29-10-8-28)13-3-2-6-27(11-13)12-15-24-25-16(30-15)18(19,20)21/h4-5,13H,2-3,6-12H2,1H3. The van der Waals surface area contributed by atoms with Gasteiger partial charge in [0.15, 0.2) is 0 Å². The summed E-state index contributed by atoms with van der Waals surface area (Å²) in [6.45, 7) is 4.52.